The third kappa shape index (κ3) is 20.2. The molecular weight excluding hydrogens is 1600 g/mol. The van der Waals surface area contributed by atoms with Crippen molar-refractivity contribution in [2.75, 3.05) is 233 Å². The summed E-state index contributed by atoms with van der Waals surface area (Å²) >= 11 is 0. The van der Waals surface area contributed by atoms with Gasteiger partial charge in [-0.05, 0) is 52.7 Å². The highest BCUT2D eigenvalue weighted by Gasteiger charge is 2.43. The lowest BCUT2D eigenvalue weighted by atomic mass is 10.1. The molecule has 6 atom stereocenters. The van der Waals surface area contributed by atoms with Crippen molar-refractivity contribution in [3.05, 3.63) is 59.4 Å². The van der Waals surface area contributed by atoms with E-state index in [0.717, 1.165) is 31.3 Å². The van der Waals surface area contributed by atoms with Crippen LogP contribution in [0.5, 0.6) is 0 Å². The molecule has 48 heteroatoms. The van der Waals surface area contributed by atoms with Gasteiger partial charge < -0.3 is 100 Å². The van der Waals surface area contributed by atoms with E-state index in [4.69, 9.17) is 65.8 Å². The number of ether oxygens (including phenoxy) is 8. The van der Waals surface area contributed by atoms with E-state index in [1.165, 1.54) is 18.5 Å². The Balaban J connectivity index is 0.000000131. The molecular formula is C72H90F10N30O8. The molecule has 646 valence electrons. The SMILES string of the molecule is C[C@H]1COCCN1c1nc(-c2cnc(N)cc2C(F)(F)F)nc(N2CCOCC2)n1.C[C@H]1COCCN1c1nc(-c2cnc(N)cc2C(F)F)nc(N2C3CCC2COC3)n1.C[C@H]1COCCN1c1nc(-c2cnc(N)nc2C(F)(F)F)nc(N2CCOCC2)n1.C[C@H]1COCCN1c1nc(-c2cnc(N)nc2C(F)F)nc(N2CCOCC2)n1. The fraction of sp³-hybridized carbons (Fsp3) is 0.583. The number of nitrogens with zero attached hydrogens (tertiary/aromatic N) is 26. The number of pyridine rings is 2. The highest BCUT2D eigenvalue weighted by atomic mass is 19.4. The van der Waals surface area contributed by atoms with Gasteiger partial charge in [0.1, 0.15) is 17.3 Å². The summed E-state index contributed by atoms with van der Waals surface area (Å²) in [6.07, 6.45) is -8.38. The quantitative estimate of drug-likeness (QED) is 0.0970. The van der Waals surface area contributed by atoms with Gasteiger partial charge >= 0.3 is 12.4 Å². The minimum absolute atomic E-state index is 0.0292. The van der Waals surface area contributed by atoms with Crippen LogP contribution < -0.4 is 62.1 Å². The number of fused-ring (bicyclic) bond motifs is 2. The van der Waals surface area contributed by atoms with Crippen LogP contribution in [0.4, 0.5) is 115 Å². The molecule has 0 saturated carbocycles. The van der Waals surface area contributed by atoms with Gasteiger partial charge in [0.25, 0.3) is 12.9 Å². The Kier molecular flexibility index (Phi) is 26.9. The van der Waals surface area contributed by atoms with Crippen molar-refractivity contribution in [3.8, 4) is 45.6 Å². The molecule has 17 heterocycles. The third-order valence-corrected chi connectivity index (χ3v) is 20.8. The molecule has 0 spiro atoms. The van der Waals surface area contributed by atoms with Crippen molar-refractivity contribution in [3.63, 3.8) is 0 Å². The molecule has 0 amide bonds. The summed E-state index contributed by atoms with van der Waals surface area (Å²) in [6.45, 7) is 21.7. The number of aromatic nitrogens is 18. The van der Waals surface area contributed by atoms with Gasteiger partial charge in [-0.1, -0.05) is 0 Å². The molecule has 120 heavy (non-hydrogen) atoms. The average Bonchev–Trinajstić information content (AvgIpc) is 1.63. The topological polar surface area (TPSA) is 436 Å². The minimum atomic E-state index is -4.75. The van der Waals surface area contributed by atoms with Gasteiger partial charge in [-0.25, -0.2) is 47.5 Å². The number of halogens is 10. The van der Waals surface area contributed by atoms with E-state index in [9.17, 15) is 43.9 Å². The molecule has 0 aliphatic carbocycles. The Morgan fingerprint density at radius 3 is 1.08 bits per heavy atom. The van der Waals surface area contributed by atoms with E-state index < -0.39 is 48.1 Å². The van der Waals surface area contributed by atoms with Gasteiger partial charge in [-0.2, -0.15) is 86.2 Å². The van der Waals surface area contributed by atoms with E-state index in [0.29, 0.717) is 207 Å². The number of nitrogens with two attached hydrogens (primary N) is 4. The number of hydrogen-bond acceptors (Lipinski definition) is 38. The molecule has 0 aromatic carbocycles. The van der Waals surface area contributed by atoms with Crippen LogP contribution in [-0.2, 0) is 50.2 Å². The lowest BCUT2D eigenvalue weighted by molar-refractivity contribution is -0.140. The van der Waals surface area contributed by atoms with Crippen molar-refractivity contribution >= 4 is 71.1 Å². The number of morpholine rings is 8. The maximum atomic E-state index is 13.8. The number of rotatable bonds is 14. The van der Waals surface area contributed by atoms with Crippen molar-refractivity contribution < 1.29 is 81.8 Å². The average molecular weight is 1690 g/mol. The summed E-state index contributed by atoms with van der Waals surface area (Å²) in [7, 11) is 0. The molecule has 2 bridgehead atoms. The van der Waals surface area contributed by atoms with E-state index in [1.54, 1.807) is 0 Å². The number of hydrogen-bond donors (Lipinski definition) is 4. The largest absolute Gasteiger partial charge is 0.434 e. The Labute approximate surface area is 680 Å². The number of nitrogen functional groups attached to an aromatic ring is 4. The first-order valence-corrected chi connectivity index (χ1v) is 38.9. The van der Waals surface area contributed by atoms with Crippen LogP contribution in [-0.4, -0.2) is 297 Å². The first kappa shape index (κ1) is 85.5. The molecule has 9 aliphatic heterocycles. The highest BCUT2D eigenvalue weighted by Crippen LogP contribution is 2.41. The van der Waals surface area contributed by atoms with Crippen LogP contribution in [0.1, 0.15) is 75.9 Å². The first-order chi connectivity index (χ1) is 57.7. The molecule has 9 aliphatic rings. The van der Waals surface area contributed by atoms with Crippen LogP contribution in [0.2, 0.25) is 0 Å². The number of anilines is 12. The first-order valence-electron chi connectivity index (χ1n) is 38.9. The fourth-order valence-corrected chi connectivity index (χ4v) is 14.6. The molecule has 0 radical (unpaired) electrons. The van der Waals surface area contributed by atoms with E-state index in [-0.39, 0.29) is 117 Å². The van der Waals surface area contributed by atoms with E-state index in [2.05, 4.69) is 89.6 Å². The normalized spacial score (nSPS) is 21.9. The zero-order valence-corrected chi connectivity index (χ0v) is 65.9. The van der Waals surface area contributed by atoms with Crippen molar-refractivity contribution in [2.24, 2.45) is 0 Å². The predicted octanol–water partition coefficient (Wildman–Crippen LogP) is 5.54. The van der Waals surface area contributed by atoms with Gasteiger partial charge in [0.05, 0.1) is 164 Å². The van der Waals surface area contributed by atoms with Gasteiger partial charge in [-0.3, -0.25) is 0 Å². The summed E-state index contributed by atoms with van der Waals surface area (Å²) in [5.74, 6) is 2.04. The zero-order valence-electron chi connectivity index (χ0n) is 65.9. The molecule has 9 fully saturated rings. The minimum Gasteiger partial charge on any atom is -0.384 e. The van der Waals surface area contributed by atoms with Crippen LogP contribution in [0, 0.1) is 0 Å². The molecule has 8 N–H and O–H groups in total. The Hall–Kier alpha value is -10.9. The van der Waals surface area contributed by atoms with Gasteiger partial charge in [-0.15, -0.1) is 0 Å². The van der Waals surface area contributed by atoms with Crippen LogP contribution in [0.25, 0.3) is 45.6 Å². The summed E-state index contributed by atoms with van der Waals surface area (Å²) in [4.78, 5) is 92.3. The molecule has 17 rings (SSSR count). The third-order valence-electron chi connectivity index (χ3n) is 20.8. The molecule has 2 unspecified atom stereocenters. The molecule has 8 aromatic rings. The monoisotopic (exact) mass is 1690 g/mol. The standard InChI is InChI=1S/C20H25F2N7O2.C18H22F3N7O2.C17H21F3N8O2.C17H22F2N8O2/c1-11-8-30-5-4-28(11)19-25-18(15-7-24-16(23)6-14(15)17(21)22)26-20(27-19)29-12-2-3-13(29)10-31-9-12;1-11-10-30-7-4-28(11)17-25-15(24-16(26-17)27-2-5-29-6-3-27)12-9-23-14(22)8-13(12)18(19,20)21;1-10-9-30-7-4-28(10)16-25-13(24-15(26-16)27-2-5-29-6-3-27)11-8-22-14(21)23-12(11)17(18,19)20;1-10-9-29-7-4-27(10)17-24-14(11-8-21-15(20)22-12(11)13(18)19)23-16(25-17)26-2-5-28-6-3-26/h6-7,11-13,17H,2-5,8-10H2,1H3,(H2,23,24);8-9,11H,2-7,10H2,1H3,(H2,22,23);8,10H,2-7,9H2,1H3,(H2,21,22,23);8,10,13H,2-7,9H2,1H3,(H2,20,21,22)/t11-,12?,13?;11-;2*10-/m0000/s1. The van der Waals surface area contributed by atoms with Crippen molar-refractivity contribution in [1.82, 2.24) is 89.7 Å². The highest BCUT2D eigenvalue weighted by molar-refractivity contribution is 5.68. The van der Waals surface area contributed by atoms with Crippen LogP contribution >= 0.6 is 0 Å². The second-order valence-electron chi connectivity index (χ2n) is 29.1. The second kappa shape index (κ2) is 37.8. The Morgan fingerprint density at radius 1 is 0.342 bits per heavy atom. The maximum Gasteiger partial charge on any atom is 0.434 e. The van der Waals surface area contributed by atoms with Crippen molar-refractivity contribution in [2.45, 2.75) is 102 Å². The van der Waals surface area contributed by atoms with Crippen LogP contribution in [0.15, 0.2) is 36.9 Å². The Bertz CT molecular complexity index is 4650. The summed E-state index contributed by atoms with van der Waals surface area (Å²) in [5.41, 5.74) is 18.8. The van der Waals surface area contributed by atoms with Crippen LogP contribution in [0.3, 0.4) is 0 Å². The summed E-state index contributed by atoms with van der Waals surface area (Å²) < 4.78 is 180. The fourth-order valence-electron chi connectivity index (χ4n) is 14.6. The molecule has 9 saturated heterocycles. The lowest BCUT2D eigenvalue weighted by Gasteiger charge is -2.36. The number of alkyl halides is 10. The maximum absolute atomic E-state index is 13.8. The summed E-state index contributed by atoms with van der Waals surface area (Å²) in [5, 5.41) is 0. The Morgan fingerprint density at radius 2 is 0.683 bits per heavy atom. The lowest BCUT2D eigenvalue weighted by Crippen LogP contribution is -2.48. The van der Waals surface area contributed by atoms with E-state index in [1.807, 2.05) is 62.0 Å². The molecule has 38 nitrogen and oxygen atoms in total. The summed E-state index contributed by atoms with van der Waals surface area (Å²) in [6, 6.07) is 2.33. The smallest absolute Gasteiger partial charge is 0.384 e. The van der Waals surface area contributed by atoms with Gasteiger partial charge in [0.2, 0.25) is 59.5 Å². The molecule has 8 aromatic heterocycles. The second-order valence-corrected chi connectivity index (χ2v) is 29.1. The van der Waals surface area contributed by atoms with E-state index >= 15 is 0 Å². The predicted molar refractivity (Wildman–Crippen MR) is 415 cm³/mol. The van der Waals surface area contributed by atoms with Crippen molar-refractivity contribution in [1.29, 1.82) is 0 Å². The van der Waals surface area contributed by atoms with Gasteiger partial charge in [0, 0.05) is 101 Å². The zero-order chi connectivity index (χ0) is 84.5. The van der Waals surface area contributed by atoms with Gasteiger partial charge in [0.15, 0.2) is 29.0 Å².